The normalized spacial score (nSPS) is 11.2. The molecule has 1 aromatic heterocycles. The van der Waals surface area contributed by atoms with Crippen molar-refractivity contribution < 1.29 is 14.3 Å². The fraction of sp³-hybridized carbons (Fsp3) is 0.174. The molecule has 0 saturated heterocycles. The number of benzene rings is 2. The SMILES string of the molecule is COC=C(C(=O)OC)c1cccc(C)c1SCc1ncc(-c2ccccc2)cn1. The maximum Gasteiger partial charge on any atom is 0.341 e. The van der Waals surface area contributed by atoms with Gasteiger partial charge in [-0.25, -0.2) is 14.8 Å². The zero-order valence-electron chi connectivity index (χ0n) is 16.6. The topological polar surface area (TPSA) is 61.3 Å². The minimum Gasteiger partial charge on any atom is -0.503 e. The average molecular weight is 407 g/mol. The van der Waals surface area contributed by atoms with Crippen LogP contribution in [0.4, 0.5) is 0 Å². The Labute approximate surface area is 174 Å². The highest BCUT2D eigenvalue weighted by Gasteiger charge is 2.18. The minimum atomic E-state index is -0.442. The summed E-state index contributed by atoms with van der Waals surface area (Å²) in [4.78, 5) is 22.2. The Morgan fingerprint density at radius 1 is 1.00 bits per heavy atom. The summed E-state index contributed by atoms with van der Waals surface area (Å²) in [6, 6.07) is 15.8. The van der Waals surface area contributed by atoms with Crippen LogP contribution in [0.2, 0.25) is 0 Å². The van der Waals surface area contributed by atoms with Crippen LogP contribution in [-0.4, -0.2) is 30.2 Å². The van der Waals surface area contributed by atoms with E-state index in [9.17, 15) is 4.79 Å². The van der Waals surface area contributed by atoms with Gasteiger partial charge in [0.1, 0.15) is 11.4 Å². The van der Waals surface area contributed by atoms with Gasteiger partial charge >= 0.3 is 5.97 Å². The van der Waals surface area contributed by atoms with Crippen LogP contribution >= 0.6 is 11.8 Å². The lowest BCUT2D eigenvalue weighted by molar-refractivity contribution is -0.133. The Morgan fingerprint density at radius 3 is 2.38 bits per heavy atom. The van der Waals surface area contributed by atoms with Gasteiger partial charge in [-0.2, -0.15) is 0 Å². The molecule has 148 valence electrons. The molecule has 29 heavy (non-hydrogen) atoms. The second kappa shape index (κ2) is 9.89. The molecular formula is C23H22N2O3S. The van der Waals surface area contributed by atoms with E-state index in [4.69, 9.17) is 9.47 Å². The Bertz CT molecular complexity index is 1000. The van der Waals surface area contributed by atoms with Crippen molar-refractivity contribution >= 4 is 23.3 Å². The molecular weight excluding hydrogens is 384 g/mol. The molecule has 3 rings (SSSR count). The molecule has 0 saturated carbocycles. The third-order valence-corrected chi connectivity index (χ3v) is 5.53. The second-order valence-corrected chi connectivity index (χ2v) is 7.24. The van der Waals surface area contributed by atoms with E-state index in [-0.39, 0.29) is 0 Å². The lowest BCUT2D eigenvalue weighted by Gasteiger charge is -2.13. The Kier molecular flexibility index (Phi) is 7.03. The van der Waals surface area contributed by atoms with E-state index in [2.05, 4.69) is 9.97 Å². The van der Waals surface area contributed by atoms with Crippen LogP contribution in [0.5, 0.6) is 0 Å². The van der Waals surface area contributed by atoms with Crippen molar-refractivity contribution in [2.45, 2.75) is 17.6 Å². The largest absolute Gasteiger partial charge is 0.503 e. The standard InChI is InChI=1S/C23H22N2O3S/c1-16-8-7-11-19(20(14-27-2)23(26)28-3)22(16)29-15-21-24-12-18(13-25-21)17-9-5-4-6-10-17/h4-14H,15H2,1-3H3. The smallest absolute Gasteiger partial charge is 0.341 e. The van der Waals surface area contributed by atoms with E-state index in [0.717, 1.165) is 33.0 Å². The summed E-state index contributed by atoms with van der Waals surface area (Å²) >= 11 is 1.58. The number of carbonyl (C=O) groups is 1. The van der Waals surface area contributed by atoms with Crippen LogP contribution in [0.25, 0.3) is 16.7 Å². The number of aryl methyl sites for hydroxylation is 1. The number of hydrogen-bond donors (Lipinski definition) is 0. The molecule has 0 atom stereocenters. The lowest BCUT2D eigenvalue weighted by Crippen LogP contribution is -2.06. The molecule has 3 aromatic rings. The molecule has 1 heterocycles. The van der Waals surface area contributed by atoms with E-state index >= 15 is 0 Å². The first-order chi connectivity index (χ1) is 14.1. The van der Waals surface area contributed by atoms with Crippen molar-refractivity contribution in [3.8, 4) is 11.1 Å². The summed E-state index contributed by atoms with van der Waals surface area (Å²) in [5, 5.41) is 0. The number of ether oxygens (including phenoxy) is 2. The van der Waals surface area contributed by atoms with Gasteiger partial charge < -0.3 is 9.47 Å². The highest BCUT2D eigenvalue weighted by Crippen LogP contribution is 2.33. The first-order valence-electron chi connectivity index (χ1n) is 9.04. The quantitative estimate of drug-likeness (QED) is 0.241. The van der Waals surface area contributed by atoms with Crippen molar-refractivity contribution in [3.05, 3.63) is 84.1 Å². The van der Waals surface area contributed by atoms with Gasteiger partial charge in [-0.15, -0.1) is 11.8 Å². The van der Waals surface area contributed by atoms with Crippen LogP contribution < -0.4 is 0 Å². The van der Waals surface area contributed by atoms with E-state index in [0.29, 0.717) is 11.3 Å². The van der Waals surface area contributed by atoms with E-state index in [1.165, 1.54) is 20.5 Å². The fourth-order valence-corrected chi connectivity index (χ4v) is 3.90. The molecule has 0 aliphatic carbocycles. The summed E-state index contributed by atoms with van der Waals surface area (Å²) in [6.07, 6.45) is 5.08. The van der Waals surface area contributed by atoms with Crippen LogP contribution in [0.3, 0.4) is 0 Å². The molecule has 2 aromatic carbocycles. The van der Waals surface area contributed by atoms with Crippen LogP contribution in [0.1, 0.15) is 17.0 Å². The molecule has 0 spiro atoms. The number of rotatable bonds is 7. The van der Waals surface area contributed by atoms with Crippen LogP contribution in [0.15, 0.2) is 72.1 Å². The predicted molar refractivity (Wildman–Crippen MR) is 115 cm³/mol. The zero-order valence-corrected chi connectivity index (χ0v) is 17.4. The second-order valence-electron chi connectivity index (χ2n) is 6.25. The molecule has 0 aliphatic heterocycles. The third kappa shape index (κ3) is 5.03. The van der Waals surface area contributed by atoms with Crippen molar-refractivity contribution in [3.63, 3.8) is 0 Å². The molecule has 0 bridgehead atoms. The number of thioether (sulfide) groups is 1. The predicted octanol–water partition coefficient (Wildman–Crippen LogP) is 4.90. The number of aromatic nitrogens is 2. The van der Waals surface area contributed by atoms with E-state index in [1.54, 1.807) is 11.8 Å². The summed E-state index contributed by atoms with van der Waals surface area (Å²) < 4.78 is 10.0. The van der Waals surface area contributed by atoms with E-state index in [1.807, 2.05) is 67.8 Å². The van der Waals surface area contributed by atoms with Gasteiger partial charge in [0.15, 0.2) is 0 Å². The summed E-state index contributed by atoms with van der Waals surface area (Å²) in [6.45, 7) is 2.01. The molecule has 0 N–H and O–H groups in total. The number of nitrogens with zero attached hydrogens (tertiary/aromatic N) is 2. The summed E-state index contributed by atoms with van der Waals surface area (Å²) in [5.74, 6) is 0.857. The minimum absolute atomic E-state index is 0.376. The molecule has 0 aliphatic rings. The van der Waals surface area contributed by atoms with Gasteiger partial charge in [0.05, 0.1) is 26.2 Å². The van der Waals surface area contributed by atoms with Gasteiger partial charge in [0.2, 0.25) is 0 Å². The number of methoxy groups -OCH3 is 2. The highest BCUT2D eigenvalue weighted by molar-refractivity contribution is 7.98. The monoisotopic (exact) mass is 406 g/mol. The van der Waals surface area contributed by atoms with Gasteiger partial charge in [0, 0.05) is 28.4 Å². The molecule has 6 heteroatoms. The Balaban J connectivity index is 1.82. The van der Waals surface area contributed by atoms with Crippen LogP contribution in [0, 0.1) is 6.92 Å². The van der Waals surface area contributed by atoms with Gasteiger partial charge in [-0.3, -0.25) is 0 Å². The summed E-state index contributed by atoms with van der Waals surface area (Å²) in [5.41, 5.74) is 4.26. The van der Waals surface area contributed by atoms with Crippen molar-refractivity contribution in [2.24, 2.45) is 0 Å². The Hall–Kier alpha value is -3.12. The number of carbonyl (C=O) groups excluding carboxylic acids is 1. The first-order valence-corrected chi connectivity index (χ1v) is 10.0. The molecule has 0 unspecified atom stereocenters. The maximum atomic E-state index is 12.2. The molecule has 5 nitrogen and oxygen atoms in total. The average Bonchev–Trinajstić information content (AvgIpc) is 2.77. The third-order valence-electron chi connectivity index (χ3n) is 4.30. The number of hydrogen-bond acceptors (Lipinski definition) is 6. The molecule has 0 radical (unpaired) electrons. The maximum absolute atomic E-state index is 12.2. The Morgan fingerprint density at radius 2 is 1.72 bits per heavy atom. The van der Waals surface area contributed by atoms with Crippen molar-refractivity contribution in [2.75, 3.05) is 14.2 Å². The summed E-state index contributed by atoms with van der Waals surface area (Å²) in [7, 11) is 2.87. The van der Waals surface area contributed by atoms with Gasteiger partial charge in [-0.05, 0) is 18.1 Å². The highest BCUT2D eigenvalue weighted by atomic mass is 32.2. The molecule has 0 fully saturated rings. The van der Waals surface area contributed by atoms with E-state index < -0.39 is 5.97 Å². The van der Waals surface area contributed by atoms with Crippen molar-refractivity contribution in [1.82, 2.24) is 9.97 Å². The van der Waals surface area contributed by atoms with Gasteiger partial charge in [-0.1, -0.05) is 48.5 Å². The first kappa shape index (κ1) is 20.6. The lowest BCUT2D eigenvalue weighted by atomic mass is 10.0. The van der Waals surface area contributed by atoms with Crippen molar-refractivity contribution in [1.29, 1.82) is 0 Å². The fourth-order valence-electron chi connectivity index (χ4n) is 2.85. The van der Waals surface area contributed by atoms with Gasteiger partial charge in [0.25, 0.3) is 0 Å². The molecule has 0 amide bonds. The zero-order chi connectivity index (χ0) is 20.6. The number of esters is 1. The van der Waals surface area contributed by atoms with Crippen LogP contribution in [-0.2, 0) is 20.0 Å².